The SMILES string of the molecule is CCCCC[C@@H]1[C@H]2C=C[C@@H](O)[C@@H]1[C@]13C[C@H]4NC[C@@](C)(O)CCCC[C@@]56CC=C[C@@H]([C@@H](c7cc(O)cc(CNC)c7)C5=O)[C@@](C)([C@H]1CCC1=C(C(=O)C[C@@]13C)[C@H]1[C@@H]([C@@H](O)[C@H]3O[C@]3(C)[C@H]3CCC[C@@H]3c3cc(N)cc(CC(C)C)c3)C=C[C@@H]3[C@H](CO)CC[C@H]2[C@H]31)[C@@H]46. The van der Waals surface area contributed by atoms with Gasteiger partial charge in [0.1, 0.15) is 17.6 Å². The molecule has 25 atom stereocenters. The highest BCUT2D eigenvalue weighted by Crippen LogP contribution is 2.82. The van der Waals surface area contributed by atoms with E-state index in [0.717, 1.165) is 112 Å². The van der Waals surface area contributed by atoms with Gasteiger partial charge in [0.15, 0.2) is 5.78 Å². The number of carbonyl (C=O) groups is 2. The second-order valence-corrected chi connectivity index (χ2v) is 33.2. The van der Waals surface area contributed by atoms with Gasteiger partial charge in [0.05, 0.1) is 29.3 Å². The summed E-state index contributed by atoms with van der Waals surface area (Å²) in [6, 6.07) is 12.3. The van der Waals surface area contributed by atoms with E-state index >= 15 is 9.59 Å². The van der Waals surface area contributed by atoms with E-state index in [1.165, 1.54) is 16.7 Å². The Morgan fingerprint density at radius 3 is 2.44 bits per heavy atom. The standard InChI is InChI=1S/C78H109N3O8/c1-9-10-11-16-55-53-24-26-61(84)68(55)78-38-60-70-75(6,59-19-15-30-77(70,29-13-12-28-73(4,88)42-81-60)71(87)64(59)48-33-45(40-80-8)35-50(83)37-48)63(78)27-25-58-67(62(85)39-74(58,78)5)66-56(23-22-52-46(41-82)20-21-54(53)65(52)66)69(86)72-76(7,89-72)57-18-14-17-51(57)47-32-44(31-43(2)3)34-49(79)36-47/h15,19,22-24,26,32-37,43,46,51-57,59-61,63-66,68-70,72,80-84,86,88H,9-14,16-18,20-21,25,27-31,38-42,79H2,1-8H3/t46-,51+,52+,53-,54+,55+,56-,57-,59-,60+,61+,63+,64+,65-,66-,68+,69+,70+,72+,73-,74-,75-,76+,77-,78-/m0/s1. The van der Waals surface area contributed by atoms with Crippen molar-refractivity contribution in [3.8, 4) is 5.75 Å². The summed E-state index contributed by atoms with van der Waals surface area (Å²) >= 11 is 0. The van der Waals surface area contributed by atoms with E-state index in [-0.39, 0.29) is 107 Å². The minimum absolute atomic E-state index is 0.00767. The van der Waals surface area contributed by atoms with Gasteiger partial charge in [0.25, 0.3) is 0 Å². The molecule has 2 spiro atoms. The molecule has 13 aliphatic rings. The Morgan fingerprint density at radius 2 is 1.66 bits per heavy atom. The van der Waals surface area contributed by atoms with Crippen molar-refractivity contribution in [3.63, 3.8) is 0 Å². The highest BCUT2D eigenvalue weighted by molar-refractivity contribution is 6.01. The molecule has 15 rings (SSSR count). The van der Waals surface area contributed by atoms with Crippen molar-refractivity contribution in [2.75, 3.05) is 25.9 Å². The number of phenolic OH excluding ortho intramolecular Hbond substituents is 1. The summed E-state index contributed by atoms with van der Waals surface area (Å²) in [6.07, 6.45) is 28.1. The number of anilines is 1. The molecule has 11 aliphatic carbocycles. The van der Waals surface area contributed by atoms with Gasteiger partial charge in [-0.05, 0) is 244 Å². The number of nitrogen functional groups attached to an aromatic ring is 1. The number of phenols is 1. The number of epoxide rings is 1. The van der Waals surface area contributed by atoms with Crippen LogP contribution in [-0.4, -0.2) is 92.9 Å². The Hall–Kier alpha value is -3.94. The lowest BCUT2D eigenvalue weighted by atomic mass is 9.28. The molecule has 5 saturated carbocycles. The molecule has 484 valence electrons. The molecule has 2 aromatic carbocycles. The predicted molar refractivity (Wildman–Crippen MR) is 350 cm³/mol. The molecule has 0 radical (unpaired) electrons. The normalized spacial score (nSPS) is 46.3. The summed E-state index contributed by atoms with van der Waals surface area (Å²) in [4.78, 5) is 33.4. The molecular weight excluding hydrogens is 1110 g/mol. The smallest absolute Gasteiger partial charge is 0.160 e. The van der Waals surface area contributed by atoms with Crippen molar-refractivity contribution in [1.29, 1.82) is 0 Å². The van der Waals surface area contributed by atoms with Crippen LogP contribution in [0.5, 0.6) is 5.75 Å². The van der Waals surface area contributed by atoms with Gasteiger partial charge >= 0.3 is 0 Å². The number of aliphatic hydroxyl groups is 4. The van der Waals surface area contributed by atoms with Crippen molar-refractivity contribution in [2.24, 2.45) is 105 Å². The predicted octanol–water partition coefficient (Wildman–Crippen LogP) is 12.6. The third-order valence-electron chi connectivity index (χ3n) is 28.2. The number of benzene rings is 2. The number of aliphatic hydroxyl groups excluding tert-OH is 3. The number of carbonyl (C=O) groups excluding carboxylic acids is 2. The number of hydrogen-bond donors (Lipinski definition) is 8. The zero-order chi connectivity index (χ0) is 62.5. The van der Waals surface area contributed by atoms with Crippen LogP contribution >= 0.6 is 0 Å². The summed E-state index contributed by atoms with van der Waals surface area (Å²) in [5.74, 6) is 0.00316. The highest BCUT2D eigenvalue weighted by Gasteiger charge is 2.79. The van der Waals surface area contributed by atoms with Crippen molar-refractivity contribution in [3.05, 3.63) is 106 Å². The fraction of sp³-hybridized carbons (Fsp3) is 0.718. The van der Waals surface area contributed by atoms with Gasteiger partial charge < -0.3 is 46.6 Å². The summed E-state index contributed by atoms with van der Waals surface area (Å²) < 4.78 is 7.11. The Balaban J connectivity index is 0.964. The number of unbranched alkanes of at least 4 members (excludes halogenated alkanes) is 2. The maximum Gasteiger partial charge on any atom is 0.160 e. The summed E-state index contributed by atoms with van der Waals surface area (Å²) in [5, 5.41) is 70.6. The maximum atomic E-state index is 16.8. The third kappa shape index (κ3) is 9.50. The molecule has 2 saturated heterocycles. The van der Waals surface area contributed by atoms with Gasteiger partial charge in [-0.25, -0.2) is 0 Å². The number of Topliss-reactive ketones (excluding diaryl/α,β-unsaturated/α-hetero) is 2. The number of hydrogen-bond acceptors (Lipinski definition) is 11. The second-order valence-electron chi connectivity index (χ2n) is 33.2. The van der Waals surface area contributed by atoms with Crippen LogP contribution < -0.4 is 16.4 Å². The molecule has 11 heteroatoms. The maximum absolute atomic E-state index is 16.8. The average molecular weight is 1220 g/mol. The van der Waals surface area contributed by atoms with Crippen molar-refractivity contribution >= 4 is 17.3 Å². The van der Waals surface area contributed by atoms with Crippen LogP contribution in [0.3, 0.4) is 0 Å². The zero-order valence-corrected chi connectivity index (χ0v) is 55.1. The van der Waals surface area contributed by atoms with E-state index in [9.17, 15) is 25.5 Å². The summed E-state index contributed by atoms with van der Waals surface area (Å²) in [5.41, 5.74) is 9.81. The van der Waals surface area contributed by atoms with Crippen molar-refractivity contribution in [1.82, 2.24) is 10.6 Å². The number of allylic oxidation sites excluding steroid dienone is 6. The van der Waals surface area contributed by atoms with Gasteiger partial charge in [-0.3, -0.25) is 9.59 Å². The largest absolute Gasteiger partial charge is 0.508 e. The zero-order valence-electron chi connectivity index (χ0n) is 55.1. The van der Waals surface area contributed by atoms with Gasteiger partial charge in [-0.1, -0.05) is 127 Å². The first-order chi connectivity index (χ1) is 42.6. The van der Waals surface area contributed by atoms with Gasteiger partial charge in [0.2, 0.25) is 0 Å². The topological polar surface area (TPSA) is 198 Å². The van der Waals surface area contributed by atoms with E-state index in [4.69, 9.17) is 10.5 Å². The molecule has 9 N–H and O–H groups in total. The minimum Gasteiger partial charge on any atom is -0.508 e. The Morgan fingerprint density at radius 1 is 0.876 bits per heavy atom. The van der Waals surface area contributed by atoms with Crippen molar-refractivity contribution < 1.29 is 39.9 Å². The molecule has 0 amide bonds. The lowest BCUT2D eigenvalue weighted by molar-refractivity contribution is -0.251. The van der Waals surface area contributed by atoms with Crippen LogP contribution in [0.4, 0.5) is 5.69 Å². The van der Waals surface area contributed by atoms with E-state index in [0.29, 0.717) is 51.1 Å². The molecule has 11 nitrogen and oxygen atoms in total. The lowest BCUT2D eigenvalue weighted by Gasteiger charge is -2.76. The number of rotatable bonds is 14. The molecule has 0 unspecified atom stereocenters. The quantitative estimate of drug-likeness (QED) is 0.0388. The molecule has 7 fully saturated rings. The molecular formula is C78H109N3O8. The third-order valence-corrected chi connectivity index (χ3v) is 28.2. The molecule has 2 aliphatic heterocycles. The molecule has 8 bridgehead atoms. The van der Waals surface area contributed by atoms with Crippen LogP contribution in [0, 0.1) is 105 Å². The van der Waals surface area contributed by atoms with E-state index in [1.807, 2.05) is 26.1 Å². The van der Waals surface area contributed by atoms with E-state index in [1.54, 1.807) is 0 Å². The Kier molecular flexibility index (Phi) is 16.1. The van der Waals surface area contributed by atoms with Gasteiger partial charge in [-0.15, -0.1) is 0 Å². The van der Waals surface area contributed by atoms with Gasteiger partial charge in [0, 0.05) is 54.6 Å². The molecule has 0 aromatic heterocycles. The molecule has 2 heterocycles. The fourth-order valence-electron chi connectivity index (χ4n) is 25.2. The molecule has 2 aromatic rings. The summed E-state index contributed by atoms with van der Waals surface area (Å²) in [7, 11) is 1.92. The first kappa shape index (κ1) is 62.5. The van der Waals surface area contributed by atoms with E-state index in [2.05, 4.69) is 113 Å². The first-order valence-electron chi connectivity index (χ1n) is 35.9. The number of ketones is 2. The molecule has 89 heavy (non-hydrogen) atoms. The van der Waals surface area contributed by atoms with Crippen LogP contribution in [0.2, 0.25) is 0 Å². The average Bonchev–Trinajstić information content (AvgIpc) is 1.64. The Labute approximate surface area is 532 Å². The number of ether oxygens (including phenoxy) is 1. The van der Waals surface area contributed by atoms with E-state index < -0.39 is 63.0 Å². The number of aromatic hydroxyl groups is 1. The Bertz CT molecular complexity index is 3200. The van der Waals surface area contributed by atoms with Crippen LogP contribution in [0.1, 0.15) is 198 Å². The number of fused-ring (bicyclic) bond motifs is 6. The van der Waals surface area contributed by atoms with Crippen molar-refractivity contribution in [2.45, 2.75) is 224 Å². The first-order valence-corrected chi connectivity index (χ1v) is 35.9. The fourth-order valence-corrected chi connectivity index (χ4v) is 25.2. The minimum atomic E-state index is -0.986. The number of β-amino-alcohol motifs (C(OH)–C–C–N with tert-alkyl or cyclic N) is 1. The number of nitrogens with one attached hydrogen (secondary N) is 2. The van der Waals surface area contributed by atoms with Gasteiger partial charge in [-0.2, -0.15) is 0 Å². The van der Waals surface area contributed by atoms with Crippen LogP contribution in [-0.2, 0) is 27.3 Å². The van der Waals surface area contributed by atoms with Crippen LogP contribution in [0.25, 0.3) is 0 Å². The highest BCUT2D eigenvalue weighted by atomic mass is 16.6. The van der Waals surface area contributed by atoms with Crippen LogP contribution in [0.15, 0.2) is 84.0 Å². The second kappa shape index (κ2) is 22.9. The number of nitrogens with two attached hydrogens (primary N) is 1. The lowest BCUT2D eigenvalue weighted by Crippen LogP contribution is -2.75. The summed E-state index contributed by atoms with van der Waals surface area (Å²) in [6.45, 7) is 17.1. The monoisotopic (exact) mass is 1220 g/mol.